The van der Waals surface area contributed by atoms with Crippen molar-refractivity contribution in [2.24, 2.45) is 7.05 Å². The van der Waals surface area contributed by atoms with Crippen LogP contribution >= 0.6 is 0 Å². The SMILES string of the molecule is CCC(C)(C)NC(=O)C(c1cccn1C)N(C(=O)Cn1nnc2ccccc21)c1ccc(C)cc1. The van der Waals surface area contributed by atoms with Gasteiger partial charge in [0, 0.05) is 24.5 Å². The number of para-hydroxylation sites is 1. The van der Waals surface area contributed by atoms with Crippen LogP contribution in [-0.4, -0.2) is 36.9 Å². The van der Waals surface area contributed by atoms with Gasteiger partial charge in [0.2, 0.25) is 11.8 Å². The number of rotatable bonds is 8. The van der Waals surface area contributed by atoms with Gasteiger partial charge in [-0.2, -0.15) is 0 Å². The maximum absolute atomic E-state index is 14.0. The summed E-state index contributed by atoms with van der Waals surface area (Å²) < 4.78 is 3.46. The second kappa shape index (κ2) is 9.74. The topological polar surface area (TPSA) is 85.0 Å². The maximum atomic E-state index is 14.0. The minimum Gasteiger partial charge on any atom is -0.352 e. The fraction of sp³-hybridized carbons (Fsp3) is 0.333. The molecule has 4 rings (SSSR count). The number of carbonyl (C=O) groups is 2. The molecule has 4 aromatic rings. The molecule has 0 saturated heterocycles. The Bertz CT molecular complexity index is 1340. The fourth-order valence-electron chi connectivity index (χ4n) is 4.01. The van der Waals surface area contributed by atoms with Crippen LogP contribution in [-0.2, 0) is 23.2 Å². The lowest BCUT2D eigenvalue weighted by Crippen LogP contribution is -2.51. The summed E-state index contributed by atoms with van der Waals surface area (Å²) in [5.41, 5.74) is 3.47. The molecule has 2 aromatic heterocycles. The Labute approximate surface area is 205 Å². The Kier molecular flexibility index (Phi) is 6.73. The highest BCUT2D eigenvalue weighted by atomic mass is 16.2. The average molecular weight is 473 g/mol. The minimum absolute atomic E-state index is 0.0558. The molecular weight excluding hydrogens is 440 g/mol. The lowest BCUT2D eigenvalue weighted by Gasteiger charge is -2.34. The quantitative estimate of drug-likeness (QED) is 0.417. The van der Waals surface area contributed by atoms with Crippen molar-refractivity contribution in [1.29, 1.82) is 0 Å². The van der Waals surface area contributed by atoms with Crippen LogP contribution in [0.25, 0.3) is 11.0 Å². The van der Waals surface area contributed by atoms with E-state index in [1.54, 1.807) is 9.58 Å². The number of fused-ring (bicyclic) bond motifs is 1. The monoisotopic (exact) mass is 472 g/mol. The summed E-state index contributed by atoms with van der Waals surface area (Å²) in [4.78, 5) is 29.4. The molecule has 2 aromatic carbocycles. The molecule has 182 valence electrons. The van der Waals surface area contributed by atoms with Crippen molar-refractivity contribution >= 4 is 28.5 Å². The number of benzene rings is 2. The van der Waals surface area contributed by atoms with E-state index in [9.17, 15) is 9.59 Å². The fourth-order valence-corrected chi connectivity index (χ4v) is 4.01. The van der Waals surface area contributed by atoms with Crippen molar-refractivity contribution in [3.63, 3.8) is 0 Å². The van der Waals surface area contributed by atoms with E-state index in [1.165, 1.54) is 0 Å². The van der Waals surface area contributed by atoms with Gasteiger partial charge in [-0.25, -0.2) is 4.68 Å². The van der Waals surface area contributed by atoms with E-state index >= 15 is 0 Å². The van der Waals surface area contributed by atoms with Gasteiger partial charge < -0.3 is 9.88 Å². The lowest BCUT2D eigenvalue weighted by molar-refractivity contribution is -0.128. The normalized spacial score (nSPS) is 12.5. The second-order valence-electron chi connectivity index (χ2n) is 9.51. The third-order valence-corrected chi connectivity index (χ3v) is 6.40. The molecule has 0 aliphatic rings. The summed E-state index contributed by atoms with van der Waals surface area (Å²) in [5.74, 6) is -0.504. The Morgan fingerprint density at radius 2 is 1.77 bits per heavy atom. The van der Waals surface area contributed by atoms with Gasteiger partial charge >= 0.3 is 0 Å². The second-order valence-corrected chi connectivity index (χ2v) is 9.51. The molecule has 0 aliphatic carbocycles. The first kappa shape index (κ1) is 24.2. The standard InChI is InChI=1S/C27H32N6O2/c1-6-27(3,4)28-26(35)25(23-12-9-17-31(23)5)33(20-15-13-19(2)14-16-20)24(34)18-32-22-11-8-7-10-21(22)29-30-32/h7-17,25H,6,18H2,1-5H3,(H,28,35). The number of anilines is 1. The van der Waals surface area contributed by atoms with Crippen molar-refractivity contribution in [2.45, 2.75) is 52.2 Å². The van der Waals surface area contributed by atoms with Crippen LogP contribution in [0.3, 0.4) is 0 Å². The molecule has 8 nitrogen and oxygen atoms in total. The van der Waals surface area contributed by atoms with Gasteiger partial charge in [-0.1, -0.05) is 42.0 Å². The van der Waals surface area contributed by atoms with E-state index < -0.39 is 11.6 Å². The zero-order valence-corrected chi connectivity index (χ0v) is 20.9. The number of carbonyl (C=O) groups excluding carboxylic acids is 2. The zero-order valence-electron chi connectivity index (χ0n) is 20.9. The van der Waals surface area contributed by atoms with E-state index in [0.29, 0.717) is 16.9 Å². The van der Waals surface area contributed by atoms with Gasteiger partial charge in [0.15, 0.2) is 6.04 Å². The highest BCUT2D eigenvalue weighted by Gasteiger charge is 2.36. The van der Waals surface area contributed by atoms with Gasteiger partial charge in [-0.15, -0.1) is 5.10 Å². The lowest BCUT2D eigenvalue weighted by atomic mass is 10.00. The molecular formula is C27H32N6O2. The van der Waals surface area contributed by atoms with Crippen molar-refractivity contribution in [2.75, 3.05) is 4.90 Å². The molecule has 0 spiro atoms. The summed E-state index contributed by atoms with van der Waals surface area (Å²) in [6.45, 7) is 7.91. The van der Waals surface area contributed by atoms with Crippen molar-refractivity contribution in [3.05, 3.63) is 78.1 Å². The van der Waals surface area contributed by atoms with Crippen molar-refractivity contribution in [3.8, 4) is 0 Å². The van der Waals surface area contributed by atoms with Gasteiger partial charge in [-0.3, -0.25) is 14.5 Å². The number of hydrogen-bond donors (Lipinski definition) is 1. The van der Waals surface area contributed by atoms with Crippen LogP contribution in [0.5, 0.6) is 0 Å². The van der Waals surface area contributed by atoms with E-state index in [-0.39, 0.29) is 18.4 Å². The van der Waals surface area contributed by atoms with E-state index in [0.717, 1.165) is 17.5 Å². The van der Waals surface area contributed by atoms with E-state index in [1.807, 2.05) is 106 Å². The molecule has 1 unspecified atom stereocenters. The predicted octanol–water partition coefficient (Wildman–Crippen LogP) is 4.16. The molecule has 0 bridgehead atoms. The summed E-state index contributed by atoms with van der Waals surface area (Å²) in [6, 6.07) is 18.0. The number of amides is 2. The third-order valence-electron chi connectivity index (χ3n) is 6.40. The molecule has 0 saturated carbocycles. The molecule has 2 heterocycles. The van der Waals surface area contributed by atoms with Crippen LogP contribution in [0.15, 0.2) is 66.9 Å². The molecule has 0 radical (unpaired) electrons. The van der Waals surface area contributed by atoms with Crippen molar-refractivity contribution < 1.29 is 9.59 Å². The summed E-state index contributed by atoms with van der Waals surface area (Å²) in [7, 11) is 1.88. The first-order valence-corrected chi connectivity index (χ1v) is 11.8. The first-order valence-electron chi connectivity index (χ1n) is 11.8. The van der Waals surface area contributed by atoms with Gasteiger partial charge in [0.25, 0.3) is 0 Å². The molecule has 1 atom stereocenters. The average Bonchev–Trinajstić information content (AvgIpc) is 3.44. The van der Waals surface area contributed by atoms with Gasteiger partial charge in [0.1, 0.15) is 12.1 Å². The summed E-state index contributed by atoms with van der Waals surface area (Å²) in [5, 5.41) is 11.5. The molecule has 35 heavy (non-hydrogen) atoms. The van der Waals surface area contributed by atoms with E-state index in [2.05, 4.69) is 15.6 Å². The zero-order chi connectivity index (χ0) is 25.2. The molecule has 2 amide bonds. The largest absolute Gasteiger partial charge is 0.352 e. The smallest absolute Gasteiger partial charge is 0.249 e. The Morgan fingerprint density at radius 3 is 2.43 bits per heavy atom. The first-order chi connectivity index (χ1) is 16.7. The highest BCUT2D eigenvalue weighted by molar-refractivity contribution is 6.01. The van der Waals surface area contributed by atoms with Gasteiger partial charge in [0.05, 0.1) is 11.2 Å². The number of nitrogens with one attached hydrogen (secondary N) is 1. The Morgan fingerprint density at radius 1 is 1.06 bits per heavy atom. The minimum atomic E-state index is -0.870. The maximum Gasteiger partial charge on any atom is 0.249 e. The Balaban J connectivity index is 1.80. The molecule has 0 fully saturated rings. The van der Waals surface area contributed by atoms with Crippen LogP contribution in [0.1, 0.15) is 44.5 Å². The summed E-state index contributed by atoms with van der Waals surface area (Å²) in [6.07, 6.45) is 2.63. The number of hydrogen-bond acceptors (Lipinski definition) is 4. The molecule has 0 aliphatic heterocycles. The van der Waals surface area contributed by atoms with Crippen LogP contribution in [0.4, 0.5) is 5.69 Å². The molecule has 1 N–H and O–H groups in total. The van der Waals surface area contributed by atoms with Crippen LogP contribution < -0.4 is 10.2 Å². The predicted molar refractivity (Wildman–Crippen MR) is 137 cm³/mol. The van der Waals surface area contributed by atoms with Crippen molar-refractivity contribution in [1.82, 2.24) is 24.9 Å². The number of aryl methyl sites for hydroxylation is 2. The number of nitrogens with zero attached hydrogens (tertiary/aromatic N) is 5. The highest BCUT2D eigenvalue weighted by Crippen LogP contribution is 2.30. The van der Waals surface area contributed by atoms with Crippen LogP contribution in [0, 0.1) is 6.92 Å². The van der Waals surface area contributed by atoms with Gasteiger partial charge in [-0.05, 0) is 63.6 Å². The number of aromatic nitrogens is 4. The molecule has 8 heteroatoms. The van der Waals surface area contributed by atoms with Crippen LogP contribution in [0.2, 0.25) is 0 Å². The van der Waals surface area contributed by atoms with E-state index in [4.69, 9.17) is 0 Å². The summed E-state index contributed by atoms with van der Waals surface area (Å²) >= 11 is 0. The Hall–Kier alpha value is -3.94. The third kappa shape index (κ3) is 5.11.